The second kappa shape index (κ2) is 6.82. The molecule has 9 nitrogen and oxygen atoms in total. The lowest BCUT2D eigenvalue weighted by Gasteiger charge is -2.20. The van der Waals surface area contributed by atoms with Crippen LogP contribution < -0.4 is 5.32 Å². The number of hydrogen-bond donors (Lipinski definition) is 3. The highest BCUT2D eigenvalue weighted by molar-refractivity contribution is 5.93. The molecule has 0 spiro atoms. The van der Waals surface area contributed by atoms with Gasteiger partial charge >= 0.3 is 11.9 Å². The van der Waals surface area contributed by atoms with Crippen molar-refractivity contribution in [1.82, 2.24) is 20.5 Å². The van der Waals surface area contributed by atoms with Crippen molar-refractivity contribution in [1.29, 1.82) is 0 Å². The van der Waals surface area contributed by atoms with E-state index in [1.165, 1.54) is 0 Å². The van der Waals surface area contributed by atoms with Crippen LogP contribution in [0.3, 0.4) is 0 Å². The van der Waals surface area contributed by atoms with Gasteiger partial charge in [-0.15, -0.1) is 0 Å². The molecule has 0 saturated carbocycles. The van der Waals surface area contributed by atoms with Crippen LogP contribution in [0.25, 0.3) is 0 Å². The molecule has 0 aliphatic heterocycles. The number of hydrogen-bond acceptors (Lipinski definition) is 6. The molecule has 1 aromatic heterocycles. The number of ether oxygens (including phenoxy) is 1. The van der Waals surface area contributed by atoms with E-state index in [0.717, 1.165) is 6.33 Å². The van der Waals surface area contributed by atoms with Crippen molar-refractivity contribution in [2.24, 2.45) is 0 Å². The second-order valence-corrected chi connectivity index (χ2v) is 5.32. The largest absolute Gasteiger partial charge is 0.480 e. The summed E-state index contributed by atoms with van der Waals surface area (Å²) >= 11 is 0. The number of aromatic nitrogens is 3. The lowest BCUT2D eigenvalue weighted by molar-refractivity contribution is -0.155. The van der Waals surface area contributed by atoms with E-state index in [0.29, 0.717) is 0 Å². The second-order valence-electron chi connectivity index (χ2n) is 5.32. The maximum atomic E-state index is 11.7. The predicted molar refractivity (Wildman–Crippen MR) is 70.4 cm³/mol. The minimum absolute atomic E-state index is 0.0792. The quantitative estimate of drug-likeness (QED) is 0.634. The van der Waals surface area contributed by atoms with Crippen molar-refractivity contribution in [2.45, 2.75) is 45.3 Å². The van der Waals surface area contributed by atoms with Crippen LogP contribution in [-0.4, -0.2) is 49.8 Å². The van der Waals surface area contributed by atoms with E-state index in [9.17, 15) is 14.4 Å². The summed E-state index contributed by atoms with van der Waals surface area (Å²) in [7, 11) is 0. The smallest absolute Gasteiger partial charge is 0.326 e. The molecular formula is C12H18N4O5. The zero-order chi connectivity index (χ0) is 16.0. The van der Waals surface area contributed by atoms with E-state index < -0.39 is 29.5 Å². The zero-order valence-electron chi connectivity index (χ0n) is 12.0. The topological polar surface area (TPSA) is 134 Å². The van der Waals surface area contributed by atoms with E-state index in [-0.39, 0.29) is 18.7 Å². The van der Waals surface area contributed by atoms with Crippen LogP contribution in [0, 0.1) is 0 Å². The number of aliphatic carboxylic acids is 1. The summed E-state index contributed by atoms with van der Waals surface area (Å²) in [5.41, 5.74) is -0.640. The Hall–Kier alpha value is -2.45. The van der Waals surface area contributed by atoms with Crippen LogP contribution in [0.2, 0.25) is 0 Å². The molecule has 0 saturated heterocycles. The molecule has 0 radical (unpaired) electrons. The summed E-state index contributed by atoms with van der Waals surface area (Å²) in [6.45, 7) is 5.14. The number of amides is 1. The van der Waals surface area contributed by atoms with Gasteiger partial charge in [-0.25, -0.2) is 9.78 Å². The lowest BCUT2D eigenvalue weighted by Crippen LogP contribution is -2.41. The number of esters is 1. The number of carboxylic acid groups (broad SMARTS) is 1. The van der Waals surface area contributed by atoms with Crippen LogP contribution in [0.4, 0.5) is 0 Å². The average molecular weight is 298 g/mol. The van der Waals surface area contributed by atoms with E-state index in [1.54, 1.807) is 20.8 Å². The highest BCUT2D eigenvalue weighted by Gasteiger charge is 2.24. The third kappa shape index (κ3) is 6.02. The van der Waals surface area contributed by atoms with Gasteiger partial charge in [-0.3, -0.25) is 14.7 Å². The van der Waals surface area contributed by atoms with Crippen LogP contribution >= 0.6 is 0 Å². The molecule has 0 aliphatic carbocycles. The van der Waals surface area contributed by atoms with Gasteiger partial charge in [-0.1, -0.05) is 0 Å². The summed E-state index contributed by atoms with van der Waals surface area (Å²) < 4.78 is 5.07. The normalized spacial score (nSPS) is 12.5. The Balaban J connectivity index is 2.53. The predicted octanol–water partition coefficient (Wildman–Crippen LogP) is 0.110. The number of H-pyrrole nitrogens is 1. The fourth-order valence-electron chi connectivity index (χ4n) is 1.45. The minimum atomic E-state index is -1.24. The first-order valence-electron chi connectivity index (χ1n) is 6.30. The Morgan fingerprint density at radius 2 is 2.10 bits per heavy atom. The Labute approximate surface area is 121 Å². The van der Waals surface area contributed by atoms with Crippen molar-refractivity contribution in [3.05, 3.63) is 12.2 Å². The Kier molecular flexibility index (Phi) is 5.39. The van der Waals surface area contributed by atoms with E-state index in [4.69, 9.17) is 9.84 Å². The summed E-state index contributed by atoms with van der Waals surface area (Å²) in [5, 5.41) is 17.1. The first-order valence-corrected chi connectivity index (χ1v) is 6.30. The molecule has 1 amide bonds. The number of carboxylic acids is 1. The number of nitrogens with one attached hydrogen (secondary N) is 2. The molecule has 1 aromatic rings. The van der Waals surface area contributed by atoms with Gasteiger partial charge in [0.05, 0.1) is 0 Å². The van der Waals surface area contributed by atoms with Crippen LogP contribution in [0.5, 0.6) is 0 Å². The van der Waals surface area contributed by atoms with Crippen molar-refractivity contribution in [3.63, 3.8) is 0 Å². The average Bonchev–Trinajstić information content (AvgIpc) is 2.85. The SMILES string of the molecule is CC(C)(C)OC(=O)CC[C@@H](NC(=O)c1ncn[nH]1)C(=O)O. The van der Waals surface area contributed by atoms with Crippen molar-refractivity contribution >= 4 is 17.8 Å². The molecule has 0 aliphatic rings. The molecule has 116 valence electrons. The van der Waals surface area contributed by atoms with Crippen molar-refractivity contribution < 1.29 is 24.2 Å². The summed E-state index contributed by atoms with van der Waals surface area (Å²) in [5.74, 6) is -2.57. The molecule has 1 heterocycles. The monoisotopic (exact) mass is 298 g/mol. The fourth-order valence-corrected chi connectivity index (χ4v) is 1.45. The molecule has 0 unspecified atom stereocenters. The van der Waals surface area contributed by atoms with Gasteiger partial charge < -0.3 is 15.2 Å². The minimum Gasteiger partial charge on any atom is -0.480 e. The van der Waals surface area contributed by atoms with Crippen molar-refractivity contribution in [2.75, 3.05) is 0 Å². The molecular weight excluding hydrogens is 280 g/mol. The first kappa shape index (κ1) is 16.6. The molecule has 1 atom stereocenters. The van der Waals surface area contributed by atoms with Gasteiger partial charge in [-0.05, 0) is 27.2 Å². The molecule has 21 heavy (non-hydrogen) atoms. The summed E-state index contributed by atoms with van der Waals surface area (Å²) in [6, 6.07) is -1.21. The highest BCUT2D eigenvalue weighted by Crippen LogP contribution is 2.10. The van der Waals surface area contributed by atoms with Gasteiger partial charge in [0.25, 0.3) is 5.91 Å². The number of carbonyl (C=O) groups is 3. The molecule has 0 bridgehead atoms. The summed E-state index contributed by atoms with van der Waals surface area (Å²) in [6.07, 6.45) is 0.931. The number of nitrogens with zero attached hydrogens (tertiary/aromatic N) is 2. The van der Waals surface area contributed by atoms with Crippen LogP contribution in [0.1, 0.15) is 44.2 Å². The van der Waals surface area contributed by atoms with Gasteiger partial charge in [0.15, 0.2) is 0 Å². The van der Waals surface area contributed by atoms with Gasteiger partial charge in [0.2, 0.25) is 5.82 Å². The van der Waals surface area contributed by atoms with Crippen LogP contribution in [-0.2, 0) is 14.3 Å². The maximum Gasteiger partial charge on any atom is 0.326 e. The number of carbonyl (C=O) groups excluding carboxylic acids is 2. The van der Waals surface area contributed by atoms with E-state index in [2.05, 4.69) is 20.5 Å². The maximum absolute atomic E-state index is 11.7. The Bertz CT molecular complexity index is 506. The molecule has 9 heteroatoms. The molecule has 0 aromatic carbocycles. The highest BCUT2D eigenvalue weighted by atomic mass is 16.6. The van der Waals surface area contributed by atoms with Gasteiger partial charge in [-0.2, -0.15) is 5.10 Å². The summed E-state index contributed by atoms with van der Waals surface area (Å²) in [4.78, 5) is 37.9. The Morgan fingerprint density at radius 1 is 1.43 bits per heavy atom. The standard InChI is InChI=1S/C12H18N4O5/c1-12(2,3)21-8(17)5-4-7(11(19)20)15-10(18)9-13-6-14-16-9/h6-7H,4-5H2,1-3H3,(H,15,18)(H,19,20)(H,13,14,16)/t7-/m1/s1. The zero-order valence-corrected chi connectivity index (χ0v) is 12.0. The molecule has 1 rings (SSSR count). The Morgan fingerprint density at radius 3 is 2.57 bits per heavy atom. The van der Waals surface area contributed by atoms with Crippen LogP contribution in [0.15, 0.2) is 6.33 Å². The third-order valence-electron chi connectivity index (χ3n) is 2.29. The number of rotatable bonds is 6. The first-order chi connectivity index (χ1) is 9.69. The lowest BCUT2D eigenvalue weighted by atomic mass is 10.1. The van der Waals surface area contributed by atoms with E-state index in [1.807, 2.05) is 0 Å². The molecule has 0 fully saturated rings. The third-order valence-corrected chi connectivity index (χ3v) is 2.29. The van der Waals surface area contributed by atoms with Crippen molar-refractivity contribution in [3.8, 4) is 0 Å². The molecule has 3 N–H and O–H groups in total. The number of aromatic amines is 1. The fraction of sp³-hybridized carbons (Fsp3) is 0.583. The van der Waals surface area contributed by atoms with E-state index >= 15 is 0 Å². The van der Waals surface area contributed by atoms with Gasteiger partial charge in [0.1, 0.15) is 18.0 Å². The van der Waals surface area contributed by atoms with Gasteiger partial charge in [0, 0.05) is 6.42 Å².